The second-order valence-electron chi connectivity index (χ2n) is 6.40. The standard InChI is InChI=1S/C18H25FN4O.HI/c1-2-20-18(21-12-17(24)23-9-5-6-10-23)22-16-11-14(16)13-7-3-4-8-15(13)19;/h3-4,7-8,14,16H,2,5-6,9-12H2,1H3,(H2,20,21,22);1H. The average Bonchev–Trinajstić information content (AvgIpc) is 3.10. The van der Waals surface area contributed by atoms with Gasteiger partial charge in [0.15, 0.2) is 5.96 Å². The highest BCUT2D eigenvalue weighted by atomic mass is 127. The van der Waals surface area contributed by atoms with E-state index in [1.54, 1.807) is 6.07 Å². The predicted molar refractivity (Wildman–Crippen MR) is 108 cm³/mol. The molecule has 2 atom stereocenters. The summed E-state index contributed by atoms with van der Waals surface area (Å²) in [5.74, 6) is 0.724. The fourth-order valence-electron chi connectivity index (χ4n) is 3.18. The first-order valence-electron chi connectivity index (χ1n) is 8.76. The molecule has 2 aliphatic rings. The third-order valence-electron chi connectivity index (χ3n) is 4.59. The number of rotatable bonds is 5. The summed E-state index contributed by atoms with van der Waals surface area (Å²) in [6.45, 7) is 4.56. The summed E-state index contributed by atoms with van der Waals surface area (Å²) in [5.41, 5.74) is 0.749. The lowest BCUT2D eigenvalue weighted by molar-refractivity contribution is -0.128. The number of carbonyl (C=O) groups is 1. The molecule has 0 bridgehead atoms. The van der Waals surface area contributed by atoms with Crippen LogP contribution in [0.15, 0.2) is 29.3 Å². The number of benzene rings is 1. The Kier molecular flexibility index (Phi) is 7.46. The summed E-state index contributed by atoms with van der Waals surface area (Å²) in [5, 5.41) is 6.48. The van der Waals surface area contributed by atoms with Crippen molar-refractivity contribution in [2.45, 2.75) is 38.1 Å². The molecular weight excluding hydrogens is 434 g/mol. The summed E-state index contributed by atoms with van der Waals surface area (Å²) in [7, 11) is 0. The molecule has 1 aliphatic heterocycles. The Morgan fingerprint density at radius 1 is 1.32 bits per heavy atom. The molecule has 138 valence electrons. The smallest absolute Gasteiger partial charge is 0.244 e. The minimum atomic E-state index is -0.155. The van der Waals surface area contributed by atoms with Crippen LogP contribution in [0.25, 0.3) is 0 Å². The maximum atomic E-state index is 13.8. The molecule has 1 aliphatic carbocycles. The van der Waals surface area contributed by atoms with Crippen LogP contribution in [0, 0.1) is 5.82 Å². The third-order valence-corrected chi connectivity index (χ3v) is 4.59. The zero-order valence-electron chi connectivity index (χ0n) is 14.5. The van der Waals surface area contributed by atoms with E-state index in [0.717, 1.165) is 44.5 Å². The number of nitrogens with zero attached hydrogens (tertiary/aromatic N) is 2. The fourth-order valence-corrected chi connectivity index (χ4v) is 3.18. The lowest BCUT2D eigenvalue weighted by atomic mass is 10.1. The van der Waals surface area contributed by atoms with Crippen LogP contribution < -0.4 is 10.6 Å². The van der Waals surface area contributed by atoms with Gasteiger partial charge < -0.3 is 15.5 Å². The SMILES string of the molecule is CCNC(=NCC(=O)N1CCCC1)NC1CC1c1ccccc1F.I. The van der Waals surface area contributed by atoms with Crippen molar-refractivity contribution < 1.29 is 9.18 Å². The zero-order valence-corrected chi connectivity index (χ0v) is 16.8. The number of amides is 1. The normalized spacial score (nSPS) is 22.3. The van der Waals surface area contributed by atoms with Crippen molar-refractivity contribution in [3.63, 3.8) is 0 Å². The van der Waals surface area contributed by atoms with Gasteiger partial charge in [-0.15, -0.1) is 24.0 Å². The minimum absolute atomic E-state index is 0. The van der Waals surface area contributed by atoms with E-state index in [2.05, 4.69) is 15.6 Å². The van der Waals surface area contributed by atoms with Crippen molar-refractivity contribution in [3.05, 3.63) is 35.6 Å². The minimum Gasteiger partial charge on any atom is -0.357 e. The summed E-state index contributed by atoms with van der Waals surface area (Å²) in [6.07, 6.45) is 3.05. The molecule has 7 heteroatoms. The third kappa shape index (κ3) is 5.29. The van der Waals surface area contributed by atoms with Crippen molar-refractivity contribution in [3.8, 4) is 0 Å². The highest BCUT2D eigenvalue weighted by Gasteiger charge is 2.40. The number of halogens is 2. The van der Waals surface area contributed by atoms with Gasteiger partial charge in [-0.25, -0.2) is 9.38 Å². The molecule has 2 fully saturated rings. The number of hydrogen-bond donors (Lipinski definition) is 2. The summed E-state index contributed by atoms with van der Waals surface area (Å²) in [4.78, 5) is 18.4. The molecule has 3 rings (SSSR count). The van der Waals surface area contributed by atoms with Crippen LogP contribution in [-0.2, 0) is 4.79 Å². The Labute approximate surface area is 165 Å². The Bertz CT molecular complexity index is 619. The van der Waals surface area contributed by atoms with Crippen LogP contribution in [0.3, 0.4) is 0 Å². The van der Waals surface area contributed by atoms with Crippen LogP contribution in [0.5, 0.6) is 0 Å². The number of hydrogen-bond acceptors (Lipinski definition) is 2. The van der Waals surface area contributed by atoms with Crippen LogP contribution in [0.1, 0.15) is 37.7 Å². The molecule has 1 aromatic rings. The van der Waals surface area contributed by atoms with Crippen LogP contribution in [0.4, 0.5) is 4.39 Å². The van der Waals surface area contributed by atoms with Gasteiger partial charge in [-0.3, -0.25) is 4.79 Å². The van der Waals surface area contributed by atoms with Gasteiger partial charge in [-0.1, -0.05) is 18.2 Å². The topological polar surface area (TPSA) is 56.7 Å². The summed E-state index contributed by atoms with van der Waals surface area (Å²) >= 11 is 0. The van der Waals surface area contributed by atoms with E-state index in [4.69, 9.17) is 0 Å². The fraction of sp³-hybridized carbons (Fsp3) is 0.556. The molecule has 1 heterocycles. The number of aliphatic imine (C=N–C) groups is 1. The van der Waals surface area contributed by atoms with E-state index in [-0.39, 0.29) is 54.2 Å². The first-order valence-corrected chi connectivity index (χ1v) is 8.76. The molecule has 2 N–H and O–H groups in total. The lowest BCUT2D eigenvalue weighted by Gasteiger charge is -2.15. The molecule has 0 spiro atoms. The van der Waals surface area contributed by atoms with Gasteiger partial charge in [0.1, 0.15) is 12.4 Å². The molecule has 1 aromatic carbocycles. The number of likely N-dealkylation sites (tertiary alicyclic amines) is 1. The first-order chi connectivity index (χ1) is 11.7. The van der Waals surface area contributed by atoms with Crippen molar-refractivity contribution >= 4 is 35.8 Å². The van der Waals surface area contributed by atoms with E-state index >= 15 is 0 Å². The average molecular weight is 460 g/mol. The van der Waals surface area contributed by atoms with Gasteiger partial charge in [0.05, 0.1) is 0 Å². The van der Waals surface area contributed by atoms with Gasteiger partial charge in [0, 0.05) is 31.6 Å². The van der Waals surface area contributed by atoms with Crippen LogP contribution in [0.2, 0.25) is 0 Å². The summed E-state index contributed by atoms with van der Waals surface area (Å²) in [6, 6.07) is 7.07. The van der Waals surface area contributed by atoms with E-state index in [1.807, 2.05) is 24.0 Å². The molecular formula is C18H26FIN4O. The van der Waals surface area contributed by atoms with Crippen molar-refractivity contribution in [2.24, 2.45) is 4.99 Å². The number of guanidine groups is 1. The van der Waals surface area contributed by atoms with E-state index in [1.165, 1.54) is 6.07 Å². The molecule has 0 radical (unpaired) electrons. The largest absolute Gasteiger partial charge is 0.357 e. The molecule has 1 saturated heterocycles. The van der Waals surface area contributed by atoms with Gasteiger partial charge >= 0.3 is 0 Å². The lowest BCUT2D eigenvalue weighted by Crippen LogP contribution is -2.40. The first kappa shape index (κ1) is 19.9. The van der Waals surface area contributed by atoms with E-state index in [9.17, 15) is 9.18 Å². The van der Waals surface area contributed by atoms with Gasteiger partial charge in [-0.2, -0.15) is 0 Å². The quantitative estimate of drug-likeness (QED) is 0.404. The number of nitrogens with one attached hydrogen (secondary N) is 2. The Balaban J connectivity index is 0.00000225. The maximum absolute atomic E-state index is 13.8. The molecule has 1 amide bonds. The highest BCUT2D eigenvalue weighted by Crippen LogP contribution is 2.41. The van der Waals surface area contributed by atoms with Gasteiger partial charge in [0.25, 0.3) is 0 Å². The maximum Gasteiger partial charge on any atom is 0.244 e. The van der Waals surface area contributed by atoms with Gasteiger partial charge in [0.2, 0.25) is 5.91 Å². The summed E-state index contributed by atoms with van der Waals surface area (Å²) < 4.78 is 13.8. The molecule has 25 heavy (non-hydrogen) atoms. The predicted octanol–water partition coefficient (Wildman–Crippen LogP) is 2.48. The zero-order chi connectivity index (χ0) is 16.9. The molecule has 5 nitrogen and oxygen atoms in total. The van der Waals surface area contributed by atoms with Gasteiger partial charge in [-0.05, 0) is 37.8 Å². The van der Waals surface area contributed by atoms with Crippen LogP contribution >= 0.6 is 24.0 Å². The second kappa shape index (κ2) is 9.35. The molecule has 1 saturated carbocycles. The van der Waals surface area contributed by atoms with E-state index < -0.39 is 0 Å². The van der Waals surface area contributed by atoms with Crippen molar-refractivity contribution in [1.29, 1.82) is 0 Å². The van der Waals surface area contributed by atoms with Crippen molar-refractivity contribution in [1.82, 2.24) is 15.5 Å². The Hall–Kier alpha value is -1.38. The molecule has 0 aromatic heterocycles. The Morgan fingerprint density at radius 3 is 2.72 bits per heavy atom. The van der Waals surface area contributed by atoms with E-state index in [0.29, 0.717) is 5.96 Å². The van der Waals surface area contributed by atoms with Crippen molar-refractivity contribution in [2.75, 3.05) is 26.2 Å². The number of carbonyl (C=O) groups excluding carboxylic acids is 1. The Morgan fingerprint density at radius 2 is 2.04 bits per heavy atom. The second-order valence-corrected chi connectivity index (χ2v) is 6.40. The monoisotopic (exact) mass is 460 g/mol. The molecule has 2 unspecified atom stereocenters. The highest BCUT2D eigenvalue weighted by molar-refractivity contribution is 14.0. The van der Waals surface area contributed by atoms with Crippen LogP contribution in [-0.4, -0.2) is 49.0 Å².